The molecule has 1 aromatic heterocycles. The Balaban J connectivity index is 1.63. The molecule has 1 N–H and O–H groups in total. The second-order valence-electron chi connectivity index (χ2n) is 7.22. The lowest BCUT2D eigenvalue weighted by Gasteiger charge is -2.11. The van der Waals surface area contributed by atoms with Gasteiger partial charge in [0.05, 0.1) is 19.4 Å². The molecule has 0 bridgehead atoms. The third-order valence-electron chi connectivity index (χ3n) is 4.75. The summed E-state index contributed by atoms with van der Waals surface area (Å²) in [5.41, 5.74) is 2.58. The quantitative estimate of drug-likeness (QED) is 0.256. The van der Waals surface area contributed by atoms with Gasteiger partial charge in [0.15, 0.2) is 16.6 Å². The Bertz CT molecular complexity index is 1090. The maximum Gasteiger partial charge on any atom is 0.250 e. The Hall–Kier alpha value is -2.83. The molecule has 0 fully saturated rings. The molecular formula is C25H27ClN2O3S. The van der Waals surface area contributed by atoms with Crippen molar-refractivity contribution in [3.63, 3.8) is 0 Å². The predicted octanol–water partition coefficient (Wildman–Crippen LogP) is 7.00. The number of anilines is 1. The highest BCUT2D eigenvalue weighted by Crippen LogP contribution is 2.32. The summed E-state index contributed by atoms with van der Waals surface area (Å²) >= 11 is 7.51. The number of halogens is 1. The number of aryl methyl sites for hydroxylation is 1. The molecule has 1 amide bonds. The number of aromatic nitrogens is 1. The molecule has 5 nitrogen and oxygen atoms in total. The van der Waals surface area contributed by atoms with Crippen LogP contribution in [0, 0.1) is 6.92 Å². The third-order valence-corrected chi connectivity index (χ3v) is 5.87. The van der Waals surface area contributed by atoms with Crippen LogP contribution >= 0.6 is 22.9 Å². The molecule has 0 spiro atoms. The number of thiazole rings is 1. The Labute approximate surface area is 198 Å². The molecule has 0 atom stereocenters. The van der Waals surface area contributed by atoms with Crippen molar-refractivity contribution >= 4 is 40.1 Å². The lowest BCUT2D eigenvalue weighted by molar-refractivity contribution is -0.111. The van der Waals surface area contributed by atoms with Crippen molar-refractivity contribution in [1.29, 1.82) is 0 Å². The van der Waals surface area contributed by atoms with Crippen molar-refractivity contribution in [2.75, 3.05) is 19.0 Å². The van der Waals surface area contributed by atoms with E-state index in [-0.39, 0.29) is 5.91 Å². The van der Waals surface area contributed by atoms with Crippen LogP contribution in [0.25, 0.3) is 17.3 Å². The summed E-state index contributed by atoms with van der Waals surface area (Å²) in [4.78, 5) is 18.0. The highest BCUT2D eigenvalue weighted by molar-refractivity contribution is 7.16. The minimum atomic E-state index is -0.254. The van der Waals surface area contributed by atoms with Crippen molar-refractivity contribution in [2.45, 2.75) is 33.1 Å². The predicted molar refractivity (Wildman–Crippen MR) is 133 cm³/mol. The van der Waals surface area contributed by atoms with Gasteiger partial charge in [-0.3, -0.25) is 10.1 Å². The first-order chi connectivity index (χ1) is 15.5. The first-order valence-corrected chi connectivity index (χ1v) is 11.7. The summed E-state index contributed by atoms with van der Waals surface area (Å²) in [5.74, 6) is 1.10. The minimum absolute atomic E-state index is 0.254. The zero-order valence-electron chi connectivity index (χ0n) is 18.5. The Morgan fingerprint density at radius 3 is 2.78 bits per heavy atom. The number of nitrogens with one attached hydrogen (secondary N) is 1. The van der Waals surface area contributed by atoms with Gasteiger partial charge in [0, 0.05) is 21.5 Å². The molecule has 32 heavy (non-hydrogen) atoms. The van der Waals surface area contributed by atoms with Crippen molar-refractivity contribution in [3.8, 4) is 22.8 Å². The molecule has 0 aliphatic carbocycles. The molecule has 3 aromatic rings. The summed E-state index contributed by atoms with van der Waals surface area (Å²) in [6.45, 7) is 4.79. The van der Waals surface area contributed by atoms with Gasteiger partial charge in [0.2, 0.25) is 5.91 Å². The van der Waals surface area contributed by atoms with Crippen LogP contribution < -0.4 is 14.8 Å². The van der Waals surface area contributed by atoms with E-state index in [1.165, 1.54) is 17.4 Å². The molecule has 1 heterocycles. The fourth-order valence-electron chi connectivity index (χ4n) is 3.11. The number of carbonyl (C=O) groups is 1. The van der Waals surface area contributed by atoms with Gasteiger partial charge in [-0.05, 0) is 49.2 Å². The molecule has 0 aliphatic heterocycles. The van der Waals surface area contributed by atoms with Crippen LogP contribution in [0.1, 0.15) is 36.6 Å². The average Bonchev–Trinajstić information content (AvgIpc) is 3.15. The second kappa shape index (κ2) is 11.7. The van der Waals surface area contributed by atoms with Gasteiger partial charge >= 0.3 is 0 Å². The Morgan fingerprint density at radius 2 is 2.03 bits per heavy atom. The van der Waals surface area contributed by atoms with Gasteiger partial charge in [-0.25, -0.2) is 4.98 Å². The monoisotopic (exact) mass is 470 g/mol. The lowest BCUT2D eigenvalue weighted by Crippen LogP contribution is -2.07. The van der Waals surface area contributed by atoms with Crippen LogP contribution in [0.2, 0.25) is 5.02 Å². The zero-order chi connectivity index (χ0) is 22.9. The van der Waals surface area contributed by atoms with Gasteiger partial charge < -0.3 is 9.47 Å². The maximum absolute atomic E-state index is 12.4. The largest absolute Gasteiger partial charge is 0.493 e. The Kier molecular flexibility index (Phi) is 8.71. The molecule has 0 saturated heterocycles. The highest BCUT2D eigenvalue weighted by atomic mass is 35.5. The van der Waals surface area contributed by atoms with E-state index >= 15 is 0 Å². The van der Waals surface area contributed by atoms with Crippen LogP contribution in [0.5, 0.6) is 11.5 Å². The van der Waals surface area contributed by atoms with E-state index < -0.39 is 0 Å². The van der Waals surface area contributed by atoms with Crippen LogP contribution in [0.4, 0.5) is 5.13 Å². The van der Waals surface area contributed by atoms with Gasteiger partial charge in [0.1, 0.15) is 0 Å². The van der Waals surface area contributed by atoms with E-state index in [1.807, 2.05) is 49.4 Å². The number of hydrogen-bond acceptors (Lipinski definition) is 5. The summed E-state index contributed by atoms with van der Waals surface area (Å²) in [6.07, 6.45) is 6.51. The zero-order valence-corrected chi connectivity index (χ0v) is 20.1. The normalized spacial score (nSPS) is 11.0. The number of nitrogens with zero attached hydrogens (tertiary/aromatic N) is 1. The number of benzene rings is 2. The van der Waals surface area contributed by atoms with Crippen molar-refractivity contribution in [3.05, 3.63) is 64.0 Å². The number of methoxy groups -OCH3 is 1. The second-order valence-corrected chi connectivity index (χ2v) is 8.86. The summed E-state index contributed by atoms with van der Waals surface area (Å²) in [7, 11) is 1.61. The van der Waals surface area contributed by atoms with Crippen LogP contribution in [0.15, 0.2) is 48.5 Å². The molecule has 0 radical (unpaired) electrons. The van der Waals surface area contributed by atoms with Gasteiger partial charge in [-0.15, -0.1) is 11.3 Å². The number of unbranched alkanes of at least 4 members (excludes halogenated alkanes) is 2. The first-order valence-electron chi connectivity index (χ1n) is 10.5. The molecule has 0 saturated carbocycles. The Morgan fingerprint density at radius 1 is 1.19 bits per heavy atom. The van der Waals surface area contributed by atoms with E-state index in [4.69, 9.17) is 21.1 Å². The summed E-state index contributed by atoms with van der Waals surface area (Å²) in [5, 5.41) is 4.02. The molecule has 2 aromatic carbocycles. The molecule has 0 unspecified atom stereocenters. The van der Waals surface area contributed by atoms with Gasteiger partial charge in [-0.1, -0.05) is 49.6 Å². The van der Waals surface area contributed by atoms with E-state index in [0.29, 0.717) is 28.3 Å². The molecule has 3 rings (SSSR count). The van der Waals surface area contributed by atoms with Crippen molar-refractivity contribution < 1.29 is 14.3 Å². The fourth-order valence-corrected chi connectivity index (χ4v) is 4.14. The number of ether oxygens (including phenoxy) is 2. The van der Waals surface area contributed by atoms with Crippen molar-refractivity contribution in [1.82, 2.24) is 4.98 Å². The number of rotatable bonds is 10. The van der Waals surface area contributed by atoms with Gasteiger partial charge in [0.25, 0.3) is 0 Å². The van der Waals surface area contributed by atoms with E-state index in [9.17, 15) is 4.79 Å². The SMILES string of the molecule is CCCCCOc1ccc(C=CC(=O)Nc2nc(-c3cccc(Cl)c3)c(C)s2)cc1OC. The molecule has 7 heteroatoms. The molecule has 0 aliphatic rings. The first kappa shape index (κ1) is 23.8. The number of amides is 1. The number of hydrogen-bond donors (Lipinski definition) is 1. The topological polar surface area (TPSA) is 60.5 Å². The van der Waals surface area contributed by atoms with E-state index in [1.54, 1.807) is 13.2 Å². The standard InChI is InChI=1S/C25H27ClN2O3S/c1-4-5-6-14-31-21-12-10-18(15-22(21)30-3)11-13-23(29)27-25-28-24(17(2)32-25)19-8-7-9-20(26)16-19/h7-13,15-16H,4-6,14H2,1-3H3,(H,27,28,29). The van der Waals surface area contributed by atoms with E-state index in [0.717, 1.165) is 41.0 Å². The molecule has 168 valence electrons. The van der Waals surface area contributed by atoms with Gasteiger partial charge in [-0.2, -0.15) is 0 Å². The highest BCUT2D eigenvalue weighted by Gasteiger charge is 2.12. The van der Waals surface area contributed by atoms with Crippen LogP contribution in [-0.4, -0.2) is 24.6 Å². The molecular weight excluding hydrogens is 444 g/mol. The third kappa shape index (κ3) is 6.58. The minimum Gasteiger partial charge on any atom is -0.493 e. The van der Waals surface area contributed by atoms with Crippen LogP contribution in [0.3, 0.4) is 0 Å². The lowest BCUT2D eigenvalue weighted by atomic mass is 10.1. The van der Waals surface area contributed by atoms with Crippen LogP contribution in [-0.2, 0) is 4.79 Å². The average molecular weight is 471 g/mol. The smallest absolute Gasteiger partial charge is 0.250 e. The van der Waals surface area contributed by atoms with Crippen molar-refractivity contribution in [2.24, 2.45) is 0 Å². The summed E-state index contributed by atoms with van der Waals surface area (Å²) < 4.78 is 11.2. The number of carbonyl (C=O) groups excluding carboxylic acids is 1. The fraction of sp³-hybridized carbons (Fsp3) is 0.280. The maximum atomic E-state index is 12.4. The summed E-state index contributed by atoms with van der Waals surface area (Å²) in [6, 6.07) is 13.1. The van der Waals surface area contributed by atoms with E-state index in [2.05, 4.69) is 17.2 Å².